The van der Waals surface area contributed by atoms with E-state index >= 15 is 0 Å². The smallest absolute Gasteiger partial charge is 0.325 e. The average Bonchev–Trinajstić information content (AvgIpc) is 3.09. The molecule has 0 radical (unpaired) electrons. The van der Waals surface area contributed by atoms with Crippen LogP contribution < -0.4 is 20.1 Å². The first-order valence-corrected chi connectivity index (χ1v) is 10.1. The zero-order chi connectivity index (χ0) is 21.2. The molecule has 1 atom stereocenters. The number of benzene rings is 1. The summed E-state index contributed by atoms with van der Waals surface area (Å²) < 4.78 is 11.5. The Bertz CT molecular complexity index is 821. The molecule has 0 aromatic heterocycles. The molecule has 0 bridgehead atoms. The highest BCUT2D eigenvalue weighted by atomic mass is 16.5. The molecule has 1 saturated heterocycles. The normalized spacial score (nSPS) is 19.6. The standard InChI is InChI=1S/C21H29N3O5/c1-5-28-16-10-14-9-13(2)29-17(14)11-15(16)12-22-18(25)7-6-8-24-19(26)21(3,4)23-20(24)27/h10-11,13H,5-9,12H2,1-4H3,(H,22,25)(H,23,27). The van der Waals surface area contributed by atoms with Gasteiger partial charge in [-0.25, -0.2) is 4.79 Å². The number of carbonyl (C=O) groups is 3. The molecule has 8 nitrogen and oxygen atoms in total. The maximum absolute atomic E-state index is 12.2. The molecule has 0 spiro atoms. The van der Waals surface area contributed by atoms with Gasteiger partial charge in [-0.1, -0.05) is 0 Å². The fourth-order valence-electron chi connectivity index (χ4n) is 3.61. The number of hydrogen-bond donors (Lipinski definition) is 2. The lowest BCUT2D eigenvalue weighted by molar-refractivity contribution is -0.130. The topological polar surface area (TPSA) is 97.0 Å². The lowest BCUT2D eigenvalue weighted by atomic mass is 10.1. The number of carbonyl (C=O) groups excluding carboxylic acids is 3. The van der Waals surface area contributed by atoms with E-state index in [1.807, 2.05) is 26.0 Å². The Morgan fingerprint density at radius 2 is 2.14 bits per heavy atom. The molecule has 29 heavy (non-hydrogen) atoms. The Kier molecular flexibility index (Phi) is 6.00. The number of fused-ring (bicyclic) bond motifs is 1. The van der Waals surface area contributed by atoms with E-state index in [1.54, 1.807) is 13.8 Å². The molecule has 158 valence electrons. The zero-order valence-corrected chi connectivity index (χ0v) is 17.5. The Morgan fingerprint density at radius 3 is 2.79 bits per heavy atom. The molecular formula is C21H29N3O5. The molecule has 2 N–H and O–H groups in total. The lowest BCUT2D eigenvalue weighted by Gasteiger charge is -2.16. The van der Waals surface area contributed by atoms with Gasteiger partial charge in [-0.15, -0.1) is 0 Å². The minimum Gasteiger partial charge on any atom is -0.494 e. The predicted molar refractivity (Wildman–Crippen MR) is 107 cm³/mol. The van der Waals surface area contributed by atoms with Crippen molar-refractivity contribution in [2.45, 2.75) is 65.1 Å². The first-order chi connectivity index (χ1) is 13.7. The predicted octanol–water partition coefficient (Wildman–Crippen LogP) is 2.14. The summed E-state index contributed by atoms with van der Waals surface area (Å²) in [6, 6.07) is 3.51. The number of rotatable bonds is 8. The summed E-state index contributed by atoms with van der Waals surface area (Å²) in [6.45, 7) is 8.36. The third-order valence-electron chi connectivity index (χ3n) is 5.08. The third-order valence-corrected chi connectivity index (χ3v) is 5.08. The number of ether oxygens (including phenoxy) is 2. The fraction of sp³-hybridized carbons (Fsp3) is 0.571. The number of imide groups is 1. The summed E-state index contributed by atoms with van der Waals surface area (Å²) in [5.74, 6) is 1.18. The highest BCUT2D eigenvalue weighted by molar-refractivity contribution is 6.06. The van der Waals surface area contributed by atoms with Crippen molar-refractivity contribution in [3.05, 3.63) is 23.3 Å². The molecular weight excluding hydrogens is 374 g/mol. The molecule has 3 rings (SSSR count). The van der Waals surface area contributed by atoms with E-state index in [0.29, 0.717) is 19.6 Å². The van der Waals surface area contributed by atoms with Gasteiger partial charge >= 0.3 is 6.03 Å². The first kappa shape index (κ1) is 21.0. The second kappa shape index (κ2) is 8.31. The molecule has 8 heteroatoms. The van der Waals surface area contributed by atoms with E-state index in [2.05, 4.69) is 10.6 Å². The molecule has 2 aliphatic rings. The van der Waals surface area contributed by atoms with Gasteiger partial charge in [0.15, 0.2) is 0 Å². The summed E-state index contributed by atoms with van der Waals surface area (Å²) in [5, 5.41) is 5.52. The molecule has 2 aliphatic heterocycles. The molecule has 1 aromatic rings. The van der Waals surface area contributed by atoms with E-state index in [4.69, 9.17) is 9.47 Å². The van der Waals surface area contributed by atoms with Crippen LogP contribution in [0.25, 0.3) is 0 Å². The van der Waals surface area contributed by atoms with Crippen LogP contribution in [0.15, 0.2) is 12.1 Å². The summed E-state index contributed by atoms with van der Waals surface area (Å²) >= 11 is 0. The van der Waals surface area contributed by atoms with Gasteiger partial charge in [-0.05, 0) is 46.2 Å². The van der Waals surface area contributed by atoms with E-state index < -0.39 is 11.6 Å². The zero-order valence-electron chi connectivity index (χ0n) is 17.5. The van der Waals surface area contributed by atoms with Crippen molar-refractivity contribution in [2.75, 3.05) is 13.2 Å². The van der Waals surface area contributed by atoms with Crippen molar-refractivity contribution in [1.29, 1.82) is 0 Å². The lowest BCUT2D eigenvalue weighted by Crippen LogP contribution is -2.40. The number of amides is 4. The Morgan fingerprint density at radius 1 is 1.38 bits per heavy atom. The van der Waals surface area contributed by atoms with Crippen LogP contribution in [0.3, 0.4) is 0 Å². The van der Waals surface area contributed by atoms with Gasteiger partial charge in [-0.3, -0.25) is 14.5 Å². The fourth-order valence-corrected chi connectivity index (χ4v) is 3.61. The number of hydrogen-bond acceptors (Lipinski definition) is 5. The Hall–Kier alpha value is -2.77. The van der Waals surface area contributed by atoms with E-state index in [9.17, 15) is 14.4 Å². The van der Waals surface area contributed by atoms with Crippen molar-refractivity contribution in [3.8, 4) is 11.5 Å². The van der Waals surface area contributed by atoms with Crippen LogP contribution in [0.1, 0.15) is 51.7 Å². The third kappa shape index (κ3) is 4.63. The first-order valence-electron chi connectivity index (χ1n) is 10.1. The maximum Gasteiger partial charge on any atom is 0.325 e. The molecule has 0 saturated carbocycles. The molecule has 4 amide bonds. The summed E-state index contributed by atoms with van der Waals surface area (Å²) in [5.41, 5.74) is 1.10. The Balaban J connectivity index is 1.51. The van der Waals surface area contributed by atoms with Crippen LogP contribution in [0.2, 0.25) is 0 Å². The second-order valence-electron chi connectivity index (χ2n) is 8.03. The maximum atomic E-state index is 12.2. The monoisotopic (exact) mass is 403 g/mol. The highest BCUT2D eigenvalue weighted by Crippen LogP contribution is 2.35. The van der Waals surface area contributed by atoms with Gasteiger partial charge in [0.25, 0.3) is 5.91 Å². The van der Waals surface area contributed by atoms with Gasteiger partial charge in [0.1, 0.15) is 23.1 Å². The largest absolute Gasteiger partial charge is 0.494 e. The van der Waals surface area contributed by atoms with Crippen LogP contribution in [0.4, 0.5) is 4.79 Å². The number of urea groups is 1. The van der Waals surface area contributed by atoms with Crippen molar-refractivity contribution in [1.82, 2.24) is 15.5 Å². The Labute approximate surface area is 170 Å². The molecule has 1 unspecified atom stereocenters. The van der Waals surface area contributed by atoms with Crippen molar-refractivity contribution in [3.63, 3.8) is 0 Å². The van der Waals surface area contributed by atoms with Crippen LogP contribution in [0.5, 0.6) is 11.5 Å². The van der Waals surface area contributed by atoms with Gasteiger partial charge in [0.05, 0.1) is 6.61 Å². The number of nitrogens with zero attached hydrogens (tertiary/aromatic N) is 1. The molecule has 1 fully saturated rings. The SMILES string of the molecule is CCOc1cc2c(cc1CNC(=O)CCCN1C(=O)NC(C)(C)C1=O)OC(C)C2. The molecule has 0 aliphatic carbocycles. The van der Waals surface area contributed by atoms with Crippen molar-refractivity contribution in [2.24, 2.45) is 0 Å². The van der Waals surface area contributed by atoms with Gasteiger partial charge < -0.3 is 20.1 Å². The second-order valence-corrected chi connectivity index (χ2v) is 8.03. The summed E-state index contributed by atoms with van der Waals surface area (Å²) in [4.78, 5) is 37.4. The van der Waals surface area contributed by atoms with E-state index in [1.165, 1.54) is 4.90 Å². The summed E-state index contributed by atoms with van der Waals surface area (Å²) in [7, 11) is 0. The molecule has 1 aromatic carbocycles. The van der Waals surface area contributed by atoms with Crippen LogP contribution >= 0.6 is 0 Å². The van der Waals surface area contributed by atoms with Crippen LogP contribution in [-0.2, 0) is 22.6 Å². The molecule has 2 heterocycles. The van der Waals surface area contributed by atoms with Crippen LogP contribution in [0, 0.1) is 0 Å². The van der Waals surface area contributed by atoms with Crippen LogP contribution in [-0.4, -0.2) is 47.5 Å². The minimum absolute atomic E-state index is 0.139. The highest BCUT2D eigenvalue weighted by Gasteiger charge is 2.43. The van der Waals surface area contributed by atoms with E-state index in [-0.39, 0.29) is 30.9 Å². The summed E-state index contributed by atoms with van der Waals surface area (Å²) in [6.07, 6.45) is 1.62. The van der Waals surface area contributed by atoms with Crippen molar-refractivity contribution >= 4 is 17.8 Å². The van der Waals surface area contributed by atoms with Gasteiger partial charge in [0, 0.05) is 37.1 Å². The van der Waals surface area contributed by atoms with Gasteiger partial charge in [0.2, 0.25) is 5.91 Å². The quantitative estimate of drug-likeness (QED) is 0.648. The van der Waals surface area contributed by atoms with Gasteiger partial charge in [-0.2, -0.15) is 0 Å². The van der Waals surface area contributed by atoms with E-state index in [0.717, 1.165) is 29.0 Å². The average molecular weight is 403 g/mol. The minimum atomic E-state index is -0.887. The number of nitrogens with one attached hydrogen (secondary N) is 2. The van der Waals surface area contributed by atoms with Crippen molar-refractivity contribution < 1.29 is 23.9 Å².